The Hall–Kier alpha value is -2.14. The summed E-state index contributed by atoms with van der Waals surface area (Å²) in [4.78, 5) is 17.9. The standard InChI is InChI=1S/C16H19N3O2/c1-19(11-6-7-11)9-8-17-15-13-5-3-2-4-12(13)14(10-18-15)16(20)21/h2-5,10-11H,6-9H2,1H3,(H,17,18)(H,20,21). The van der Waals surface area contributed by atoms with Crippen LogP contribution in [-0.2, 0) is 0 Å². The van der Waals surface area contributed by atoms with Gasteiger partial charge < -0.3 is 15.3 Å². The van der Waals surface area contributed by atoms with Crippen molar-refractivity contribution in [2.24, 2.45) is 0 Å². The van der Waals surface area contributed by atoms with Crippen LogP contribution in [0.4, 0.5) is 5.82 Å². The fraction of sp³-hybridized carbons (Fsp3) is 0.375. The van der Waals surface area contributed by atoms with Crippen LogP contribution in [0.15, 0.2) is 30.5 Å². The fourth-order valence-electron chi connectivity index (χ4n) is 2.55. The number of likely N-dealkylation sites (N-methyl/N-ethyl adjacent to an activating group) is 1. The number of fused-ring (bicyclic) bond motifs is 1. The van der Waals surface area contributed by atoms with Crippen LogP contribution in [0.2, 0.25) is 0 Å². The molecule has 5 nitrogen and oxygen atoms in total. The summed E-state index contributed by atoms with van der Waals surface area (Å²) in [6.45, 7) is 1.76. The number of pyridine rings is 1. The molecule has 1 fully saturated rings. The molecule has 1 aromatic heterocycles. The van der Waals surface area contributed by atoms with Gasteiger partial charge in [0.1, 0.15) is 5.82 Å². The Kier molecular flexibility index (Phi) is 3.75. The third kappa shape index (κ3) is 2.97. The third-order valence-electron chi connectivity index (χ3n) is 3.95. The Labute approximate surface area is 123 Å². The molecule has 0 atom stereocenters. The monoisotopic (exact) mass is 285 g/mol. The predicted molar refractivity (Wildman–Crippen MR) is 82.8 cm³/mol. The number of anilines is 1. The maximum Gasteiger partial charge on any atom is 0.337 e. The number of carboxylic acid groups (broad SMARTS) is 1. The highest BCUT2D eigenvalue weighted by Crippen LogP contribution is 2.26. The molecule has 1 heterocycles. The molecule has 1 aliphatic carbocycles. The van der Waals surface area contributed by atoms with Crippen LogP contribution in [0.3, 0.4) is 0 Å². The van der Waals surface area contributed by atoms with Crippen molar-refractivity contribution in [3.05, 3.63) is 36.0 Å². The molecule has 2 aromatic rings. The van der Waals surface area contributed by atoms with E-state index in [-0.39, 0.29) is 5.56 Å². The number of benzene rings is 1. The largest absolute Gasteiger partial charge is 0.478 e. The summed E-state index contributed by atoms with van der Waals surface area (Å²) in [7, 11) is 2.14. The molecule has 0 amide bonds. The molecule has 0 aliphatic heterocycles. The van der Waals surface area contributed by atoms with Crippen LogP contribution in [0.5, 0.6) is 0 Å². The highest BCUT2D eigenvalue weighted by molar-refractivity contribution is 6.06. The number of nitrogens with one attached hydrogen (secondary N) is 1. The van der Waals surface area contributed by atoms with Crippen LogP contribution in [-0.4, -0.2) is 47.1 Å². The maximum absolute atomic E-state index is 11.2. The Morgan fingerprint density at radius 2 is 2.10 bits per heavy atom. The summed E-state index contributed by atoms with van der Waals surface area (Å²) < 4.78 is 0. The molecule has 5 heteroatoms. The van der Waals surface area contributed by atoms with Crippen molar-refractivity contribution in [2.45, 2.75) is 18.9 Å². The summed E-state index contributed by atoms with van der Waals surface area (Å²) >= 11 is 0. The molecular formula is C16H19N3O2. The lowest BCUT2D eigenvalue weighted by Crippen LogP contribution is -2.27. The molecular weight excluding hydrogens is 266 g/mol. The van der Waals surface area contributed by atoms with Gasteiger partial charge in [-0.15, -0.1) is 0 Å². The van der Waals surface area contributed by atoms with Crippen molar-refractivity contribution in [2.75, 3.05) is 25.5 Å². The van der Waals surface area contributed by atoms with Gasteiger partial charge in [-0.1, -0.05) is 24.3 Å². The van der Waals surface area contributed by atoms with Gasteiger partial charge in [0.25, 0.3) is 0 Å². The summed E-state index contributed by atoms with van der Waals surface area (Å²) in [6.07, 6.45) is 4.02. The van der Waals surface area contributed by atoms with Gasteiger partial charge in [-0.3, -0.25) is 0 Å². The quantitative estimate of drug-likeness (QED) is 0.853. The Morgan fingerprint density at radius 3 is 2.76 bits per heavy atom. The number of carboxylic acids is 1. The summed E-state index contributed by atoms with van der Waals surface area (Å²) in [5, 5.41) is 14.1. The zero-order valence-corrected chi connectivity index (χ0v) is 12.0. The first-order valence-electron chi connectivity index (χ1n) is 7.22. The van der Waals surface area contributed by atoms with Crippen LogP contribution < -0.4 is 5.32 Å². The number of aromatic carboxylic acids is 1. The number of hydrogen-bond donors (Lipinski definition) is 2. The van der Waals surface area contributed by atoms with Crippen molar-refractivity contribution in [1.82, 2.24) is 9.88 Å². The van der Waals surface area contributed by atoms with Crippen LogP contribution in [0, 0.1) is 0 Å². The number of aromatic nitrogens is 1. The van der Waals surface area contributed by atoms with Crippen molar-refractivity contribution in [3.63, 3.8) is 0 Å². The van der Waals surface area contributed by atoms with Crippen molar-refractivity contribution < 1.29 is 9.90 Å². The van der Waals surface area contributed by atoms with E-state index in [0.717, 1.165) is 35.7 Å². The molecule has 0 unspecified atom stereocenters. The van der Waals surface area contributed by atoms with E-state index in [0.29, 0.717) is 0 Å². The van der Waals surface area contributed by atoms with Crippen molar-refractivity contribution in [1.29, 1.82) is 0 Å². The van der Waals surface area contributed by atoms with Crippen LogP contribution in [0.1, 0.15) is 23.2 Å². The summed E-state index contributed by atoms with van der Waals surface area (Å²) in [6, 6.07) is 8.21. The topological polar surface area (TPSA) is 65.5 Å². The highest BCUT2D eigenvalue weighted by atomic mass is 16.4. The van der Waals surface area contributed by atoms with E-state index < -0.39 is 5.97 Å². The zero-order chi connectivity index (χ0) is 14.8. The van der Waals surface area contributed by atoms with Crippen LogP contribution >= 0.6 is 0 Å². The number of nitrogens with zero attached hydrogens (tertiary/aromatic N) is 2. The van der Waals surface area contributed by atoms with Gasteiger partial charge in [-0.05, 0) is 19.9 Å². The van der Waals surface area contributed by atoms with E-state index in [1.165, 1.54) is 19.0 Å². The minimum Gasteiger partial charge on any atom is -0.478 e. The summed E-state index contributed by atoms with van der Waals surface area (Å²) in [5.41, 5.74) is 0.242. The average molecular weight is 285 g/mol. The fourth-order valence-corrected chi connectivity index (χ4v) is 2.55. The highest BCUT2D eigenvalue weighted by Gasteiger charge is 2.25. The van der Waals surface area contributed by atoms with Gasteiger partial charge >= 0.3 is 5.97 Å². The van der Waals surface area contributed by atoms with Crippen molar-refractivity contribution >= 4 is 22.6 Å². The number of rotatable bonds is 6. The Balaban J connectivity index is 1.78. The molecule has 110 valence electrons. The molecule has 0 bridgehead atoms. The third-order valence-corrected chi connectivity index (χ3v) is 3.95. The first kappa shape index (κ1) is 13.8. The van der Waals surface area contributed by atoms with Gasteiger partial charge in [0, 0.05) is 36.1 Å². The lowest BCUT2D eigenvalue weighted by atomic mass is 10.1. The molecule has 1 saturated carbocycles. The van der Waals surface area contributed by atoms with Gasteiger partial charge in [0.2, 0.25) is 0 Å². The van der Waals surface area contributed by atoms with Gasteiger partial charge in [0.15, 0.2) is 0 Å². The molecule has 0 spiro atoms. The second kappa shape index (κ2) is 5.69. The van der Waals surface area contributed by atoms with Gasteiger partial charge in [0.05, 0.1) is 5.56 Å². The molecule has 3 rings (SSSR count). The van der Waals surface area contributed by atoms with E-state index in [9.17, 15) is 9.90 Å². The second-order valence-electron chi connectivity index (χ2n) is 5.51. The second-order valence-corrected chi connectivity index (χ2v) is 5.51. The minimum absolute atomic E-state index is 0.242. The summed E-state index contributed by atoms with van der Waals surface area (Å²) in [5.74, 6) is -0.196. The van der Waals surface area contributed by atoms with E-state index in [4.69, 9.17) is 0 Å². The maximum atomic E-state index is 11.2. The predicted octanol–water partition coefficient (Wildman–Crippen LogP) is 2.44. The van der Waals surface area contributed by atoms with Crippen LogP contribution in [0.25, 0.3) is 10.8 Å². The van der Waals surface area contributed by atoms with E-state index >= 15 is 0 Å². The molecule has 1 aliphatic rings. The normalized spacial score (nSPS) is 14.6. The molecule has 2 N–H and O–H groups in total. The van der Waals surface area contributed by atoms with E-state index in [2.05, 4.69) is 22.2 Å². The molecule has 0 radical (unpaired) electrons. The molecule has 0 saturated heterocycles. The average Bonchev–Trinajstić information content (AvgIpc) is 3.31. The van der Waals surface area contributed by atoms with Gasteiger partial charge in [-0.25, -0.2) is 9.78 Å². The van der Waals surface area contributed by atoms with E-state index in [1.54, 1.807) is 0 Å². The molecule has 1 aromatic carbocycles. The smallest absolute Gasteiger partial charge is 0.337 e. The number of carbonyl (C=O) groups is 1. The Bertz CT molecular complexity index is 668. The lowest BCUT2D eigenvalue weighted by molar-refractivity contribution is 0.0698. The first-order valence-corrected chi connectivity index (χ1v) is 7.22. The van der Waals surface area contributed by atoms with E-state index in [1.807, 2.05) is 24.3 Å². The minimum atomic E-state index is -0.946. The van der Waals surface area contributed by atoms with Crippen molar-refractivity contribution in [3.8, 4) is 0 Å². The number of hydrogen-bond acceptors (Lipinski definition) is 4. The molecule has 21 heavy (non-hydrogen) atoms. The SMILES string of the molecule is CN(CCNc1ncc(C(=O)O)c2ccccc12)C1CC1. The Morgan fingerprint density at radius 1 is 1.38 bits per heavy atom. The lowest BCUT2D eigenvalue weighted by Gasteiger charge is -2.16. The first-order chi connectivity index (χ1) is 10.2. The zero-order valence-electron chi connectivity index (χ0n) is 12.0. The van der Waals surface area contributed by atoms with Gasteiger partial charge in [-0.2, -0.15) is 0 Å².